The lowest BCUT2D eigenvalue weighted by atomic mass is 10.4. The molecule has 0 saturated heterocycles. The summed E-state index contributed by atoms with van der Waals surface area (Å²) in [6, 6.07) is 10.3. The van der Waals surface area contributed by atoms with Crippen LogP contribution in [0, 0.1) is 0 Å². The standard InChI is InChI=1S/C12H26O3Si4.C6H20O2Si3.2CH4/c1-16(2)13-19(14-17(3)4,15-18(5)6)12-10-8-7-9-11-12;1-9(2)7-11(5,6)8-10(3)4;;/h7-11,16-18H,1-6H3;9-10H,1-6H3;2*1H4. The fourth-order valence-electron chi connectivity index (χ4n) is 3.02. The largest absolute Gasteiger partial charge is 0.505 e. The van der Waals surface area contributed by atoms with Crippen molar-refractivity contribution in [1.82, 2.24) is 0 Å². The quantitative estimate of drug-likeness (QED) is 0.358. The fraction of sp³-hybridized carbons (Fsp3) is 0.700. The topological polar surface area (TPSA) is 46.2 Å². The van der Waals surface area contributed by atoms with E-state index in [-0.39, 0.29) is 14.9 Å². The van der Waals surface area contributed by atoms with E-state index < -0.39 is 62.6 Å². The molecule has 192 valence electrons. The molecule has 0 saturated carbocycles. The fourth-order valence-corrected chi connectivity index (χ4v) is 24.7. The summed E-state index contributed by atoms with van der Waals surface area (Å²) in [6.07, 6.45) is 0. The number of benzene rings is 1. The summed E-state index contributed by atoms with van der Waals surface area (Å²) >= 11 is 0. The Labute approximate surface area is 211 Å². The molecule has 0 aromatic heterocycles. The highest BCUT2D eigenvalue weighted by molar-refractivity contribution is 6.88. The van der Waals surface area contributed by atoms with Crippen molar-refractivity contribution in [2.24, 2.45) is 0 Å². The van der Waals surface area contributed by atoms with E-state index in [1.165, 1.54) is 0 Å². The molecule has 0 unspecified atom stereocenters. The Balaban J connectivity index is -0.000000562. The van der Waals surface area contributed by atoms with Crippen LogP contribution in [0.5, 0.6) is 0 Å². The third-order valence-electron chi connectivity index (χ3n) is 3.34. The van der Waals surface area contributed by atoms with Crippen LogP contribution in [-0.2, 0) is 20.6 Å². The lowest BCUT2D eigenvalue weighted by Crippen LogP contribution is -2.61. The van der Waals surface area contributed by atoms with Crippen molar-refractivity contribution in [3.05, 3.63) is 30.3 Å². The van der Waals surface area contributed by atoms with Gasteiger partial charge in [0.2, 0.25) is 0 Å². The molecule has 0 radical (unpaired) electrons. The molecule has 0 fully saturated rings. The number of hydrogen-bond donors (Lipinski definition) is 0. The first kappa shape index (κ1) is 37.1. The van der Waals surface area contributed by atoms with Crippen molar-refractivity contribution >= 4 is 67.8 Å². The van der Waals surface area contributed by atoms with Gasteiger partial charge in [-0.05, 0) is 78.6 Å². The van der Waals surface area contributed by atoms with Crippen LogP contribution < -0.4 is 5.19 Å². The number of hydrogen-bond acceptors (Lipinski definition) is 5. The van der Waals surface area contributed by atoms with Crippen molar-refractivity contribution in [1.29, 1.82) is 0 Å². The molecule has 0 aliphatic rings. The van der Waals surface area contributed by atoms with Crippen LogP contribution in [0.15, 0.2) is 30.3 Å². The highest BCUT2D eigenvalue weighted by Crippen LogP contribution is 2.15. The van der Waals surface area contributed by atoms with Gasteiger partial charge in [-0.15, -0.1) is 0 Å². The van der Waals surface area contributed by atoms with Gasteiger partial charge in [-0.25, -0.2) is 0 Å². The Bertz CT molecular complexity index is 534. The lowest BCUT2D eigenvalue weighted by molar-refractivity contribution is 0.290. The van der Waals surface area contributed by atoms with E-state index in [4.69, 9.17) is 20.6 Å². The van der Waals surface area contributed by atoms with Gasteiger partial charge in [0.25, 0.3) is 0 Å². The molecule has 1 aromatic carbocycles. The van der Waals surface area contributed by atoms with E-state index in [0.717, 1.165) is 5.19 Å². The first-order valence-electron chi connectivity index (χ1n) is 11.1. The van der Waals surface area contributed by atoms with Gasteiger partial charge >= 0.3 is 17.4 Å². The average Bonchev–Trinajstić information content (AvgIpc) is 2.51. The Morgan fingerprint density at radius 3 is 1.03 bits per heavy atom. The second-order valence-electron chi connectivity index (χ2n) is 9.16. The van der Waals surface area contributed by atoms with Crippen LogP contribution in [0.3, 0.4) is 0 Å². The van der Waals surface area contributed by atoms with Gasteiger partial charge in [-0.1, -0.05) is 45.2 Å². The van der Waals surface area contributed by atoms with Gasteiger partial charge in [0, 0.05) is 5.19 Å². The molecule has 0 atom stereocenters. The summed E-state index contributed by atoms with van der Waals surface area (Å²) in [4.78, 5) is 0. The third kappa shape index (κ3) is 17.0. The molecular weight excluding hydrogens is 517 g/mol. The molecule has 32 heavy (non-hydrogen) atoms. The molecule has 0 N–H and O–H groups in total. The van der Waals surface area contributed by atoms with Gasteiger partial charge < -0.3 is 20.6 Å². The van der Waals surface area contributed by atoms with Crippen molar-refractivity contribution < 1.29 is 20.6 Å². The summed E-state index contributed by atoms with van der Waals surface area (Å²) in [7, 11) is -9.85. The summed E-state index contributed by atoms with van der Waals surface area (Å²) in [5.41, 5.74) is 0. The Morgan fingerprint density at radius 2 is 0.781 bits per heavy atom. The first-order chi connectivity index (χ1) is 13.7. The maximum absolute atomic E-state index is 6.35. The van der Waals surface area contributed by atoms with Crippen LogP contribution in [0.4, 0.5) is 0 Å². The first-order valence-corrected chi connectivity index (χ1v) is 29.6. The summed E-state index contributed by atoms with van der Waals surface area (Å²) < 4.78 is 30.7. The molecule has 1 rings (SSSR count). The molecule has 12 heteroatoms. The highest BCUT2D eigenvalue weighted by Gasteiger charge is 2.45. The zero-order valence-electron chi connectivity index (χ0n) is 21.3. The molecule has 5 nitrogen and oxygen atoms in total. The Hall–Kier alpha value is 0.538. The minimum absolute atomic E-state index is 0. The van der Waals surface area contributed by atoms with Crippen LogP contribution in [0.1, 0.15) is 14.9 Å². The van der Waals surface area contributed by atoms with Gasteiger partial charge in [0.05, 0.1) is 0 Å². The summed E-state index contributed by atoms with van der Waals surface area (Å²) in [5.74, 6) is 0. The van der Waals surface area contributed by atoms with Crippen LogP contribution in [0.2, 0.25) is 78.6 Å². The van der Waals surface area contributed by atoms with E-state index in [1.54, 1.807) is 0 Å². The molecule has 1 aromatic rings. The van der Waals surface area contributed by atoms with Crippen LogP contribution >= 0.6 is 0 Å². The van der Waals surface area contributed by atoms with Gasteiger partial charge in [-0.2, -0.15) is 0 Å². The van der Waals surface area contributed by atoms with Crippen molar-refractivity contribution in [3.63, 3.8) is 0 Å². The van der Waals surface area contributed by atoms with E-state index in [0.29, 0.717) is 0 Å². The molecule has 0 amide bonds. The minimum atomic E-state index is -2.68. The smallest absolute Gasteiger partial charge is 0.440 e. The predicted octanol–water partition coefficient (Wildman–Crippen LogP) is 4.79. The second-order valence-corrected chi connectivity index (χ2v) is 28.8. The third-order valence-corrected chi connectivity index (χ3v) is 22.1. The zero-order valence-corrected chi connectivity index (χ0v) is 29.1. The molecule has 0 aliphatic heterocycles. The molecule has 0 bridgehead atoms. The maximum atomic E-state index is 6.35. The average molecular weight is 571 g/mol. The van der Waals surface area contributed by atoms with E-state index >= 15 is 0 Å². The van der Waals surface area contributed by atoms with E-state index in [1.807, 2.05) is 18.2 Å². The van der Waals surface area contributed by atoms with Gasteiger partial charge in [-0.3, -0.25) is 0 Å². The zero-order chi connectivity index (χ0) is 23.5. The van der Waals surface area contributed by atoms with E-state index in [2.05, 4.69) is 90.7 Å². The Morgan fingerprint density at radius 1 is 0.500 bits per heavy atom. The van der Waals surface area contributed by atoms with Crippen molar-refractivity contribution in [2.75, 3.05) is 0 Å². The van der Waals surface area contributed by atoms with Crippen molar-refractivity contribution in [3.8, 4) is 0 Å². The van der Waals surface area contributed by atoms with Crippen LogP contribution in [0.25, 0.3) is 0 Å². The van der Waals surface area contributed by atoms with Crippen LogP contribution in [-0.4, -0.2) is 62.6 Å². The lowest BCUT2D eigenvalue weighted by Gasteiger charge is -2.35. The molecular formula is C20H54O5Si7. The van der Waals surface area contributed by atoms with E-state index in [9.17, 15) is 0 Å². The predicted molar refractivity (Wildman–Crippen MR) is 163 cm³/mol. The summed E-state index contributed by atoms with van der Waals surface area (Å²) in [6.45, 7) is 26.2. The molecule has 0 heterocycles. The molecule has 0 spiro atoms. The monoisotopic (exact) mass is 570 g/mol. The van der Waals surface area contributed by atoms with Crippen molar-refractivity contribution in [2.45, 2.75) is 93.4 Å². The maximum Gasteiger partial charge on any atom is 0.505 e. The number of rotatable bonds is 11. The minimum Gasteiger partial charge on any atom is -0.440 e. The SMILES string of the molecule is C.C.C[SiH](C)O[Si](C)(C)O[SiH](C)C.C[SiH](C)O[Si](O[SiH](C)C)(O[SiH](C)C)c1ccccc1. The summed E-state index contributed by atoms with van der Waals surface area (Å²) in [5, 5.41) is 1.12. The molecule has 0 aliphatic carbocycles. The second kappa shape index (κ2) is 17.9. The highest BCUT2D eigenvalue weighted by atomic mass is 28.5. The normalized spacial score (nSPS) is 12.0. The van der Waals surface area contributed by atoms with Gasteiger partial charge in [0.15, 0.2) is 45.2 Å². The van der Waals surface area contributed by atoms with Gasteiger partial charge in [0.1, 0.15) is 0 Å². The Kier molecular flexibility index (Phi) is 20.7.